The van der Waals surface area contributed by atoms with Gasteiger partial charge in [0.25, 0.3) is 0 Å². The molecule has 7 nitrogen and oxygen atoms in total. The molecule has 0 radical (unpaired) electrons. The maximum absolute atomic E-state index is 12.8. The molecule has 2 atom stereocenters. The normalized spacial score (nSPS) is 19.6. The smallest absolute Gasteiger partial charge is 0.233 e. The average Bonchev–Trinajstić information content (AvgIpc) is 3.09. The van der Waals surface area contributed by atoms with E-state index in [9.17, 15) is 9.59 Å². The molecule has 28 heavy (non-hydrogen) atoms. The number of hydrogen-bond donors (Lipinski definition) is 1. The van der Waals surface area contributed by atoms with Gasteiger partial charge in [-0.3, -0.25) is 9.59 Å². The fourth-order valence-corrected chi connectivity index (χ4v) is 4.49. The summed E-state index contributed by atoms with van der Waals surface area (Å²) in [6.45, 7) is 7.24. The largest absolute Gasteiger partial charge is 0.369 e. The number of nitrogens with zero attached hydrogens (tertiary/aromatic N) is 4. The van der Waals surface area contributed by atoms with Crippen LogP contribution in [0, 0.1) is 12.8 Å². The molecule has 2 aromatic rings. The van der Waals surface area contributed by atoms with Crippen molar-refractivity contribution in [3.63, 3.8) is 0 Å². The van der Waals surface area contributed by atoms with Crippen LogP contribution in [0.5, 0.6) is 0 Å². The fourth-order valence-electron chi connectivity index (χ4n) is 3.60. The third-order valence-electron chi connectivity index (χ3n) is 5.35. The van der Waals surface area contributed by atoms with Crippen LogP contribution in [0.2, 0.25) is 0 Å². The highest BCUT2D eigenvalue weighted by atomic mass is 32.2. The number of primary amides is 1. The van der Waals surface area contributed by atoms with Crippen LogP contribution in [0.4, 0.5) is 0 Å². The predicted molar refractivity (Wildman–Crippen MR) is 110 cm³/mol. The first-order valence-corrected chi connectivity index (χ1v) is 10.6. The molecule has 1 aliphatic rings. The second kappa shape index (κ2) is 8.77. The minimum Gasteiger partial charge on any atom is -0.369 e. The molecule has 1 aliphatic heterocycles. The summed E-state index contributed by atoms with van der Waals surface area (Å²) in [6, 6.07) is 8.19. The van der Waals surface area contributed by atoms with Gasteiger partial charge in [-0.2, -0.15) is 0 Å². The minimum atomic E-state index is -0.328. The van der Waals surface area contributed by atoms with Crippen LogP contribution < -0.4 is 5.73 Å². The van der Waals surface area contributed by atoms with Gasteiger partial charge in [0.1, 0.15) is 0 Å². The number of piperidine rings is 1. The van der Waals surface area contributed by atoms with Gasteiger partial charge in [0.2, 0.25) is 11.8 Å². The van der Waals surface area contributed by atoms with Crippen molar-refractivity contribution in [3.8, 4) is 11.4 Å². The summed E-state index contributed by atoms with van der Waals surface area (Å²) >= 11 is 1.39. The predicted octanol–water partition coefficient (Wildman–Crippen LogP) is 2.48. The number of likely N-dealkylation sites (tertiary alicyclic amines) is 1. The van der Waals surface area contributed by atoms with E-state index in [0.717, 1.165) is 41.5 Å². The van der Waals surface area contributed by atoms with Gasteiger partial charge in [0.15, 0.2) is 11.0 Å². The molecule has 3 rings (SSSR count). The zero-order valence-corrected chi connectivity index (χ0v) is 17.4. The van der Waals surface area contributed by atoms with Crippen LogP contribution in [0.1, 0.15) is 32.3 Å². The van der Waals surface area contributed by atoms with Crippen LogP contribution >= 0.6 is 11.8 Å². The first-order valence-electron chi connectivity index (χ1n) is 9.63. The summed E-state index contributed by atoms with van der Waals surface area (Å²) in [5, 5.41) is 9.41. The number of aromatic nitrogens is 3. The van der Waals surface area contributed by atoms with Crippen LogP contribution in [0.3, 0.4) is 0 Å². The second-order valence-corrected chi connectivity index (χ2v) is 8.17. The molecule has 2 N–H and O–H groups in total. The zero-order chi connectivity index (χ0) is 20.3. The Morgan fingerprint density at radius 3 is 2.68 bits per heavy atom. The maximum Gasteiger partial charge on any atom is 0.233 e. The molecule has 0 bridgehead atoms. The number of benzene rings is 1. The third kappa shape index (κ3) is 4.22. The molecular formula is C20H27N5O2S. The monoisotopic (exact) mass is 401 g/mol. The Labute approximate surface area is 169 Å². The SMILES string of the molecule is CCn1c(SCC(=O)N2CC(C(N)=O)CCC2C)nnc1-c1ccccc1C. The minimum absolute atomic E-state index is 0.00606. The Balaban J connectivity index is 1.72. The lowest BCUT2D eigenvalue weighted by molar-refractivity contribution is -0.135. The summed E-state index contributed by atoms with van der Waals surface area (Å²) in [6.07, 6.45) is 1.55. The summed E-state index contributed by atoms with van der Waals surface area (Å²) in [7, 11) is 0. The van der Waals surface area contributed by atoms with Crippen molar-refractivity contribution in [1.29, 1.82) is 0 Å². The van der Waals surface area contributed by atoms with Crippen LogP contribution in [0.25, 0.3) is 11.4 Å². The number of thioether (sulfide) groups is 1. The molecule has 1 aromatic heterocycles. The Kier molecular flexibility index (Phi) is 6.39. The molecular weight excluding hydrogens is 374 g/mol. The quantitative estimate of drug-likeness (QED) is 0.751. The molecule has 2 amide bonds. The van der Waals surface area contributed by atoms with Crippen molar-refractivity contribution < 1.29 is 9.59 Å². The molecule has 0 saturated carbocycles. The van der Waals surface area contributed by atoms with Crippen molar-refractivity contribution in [2.75, 3.05) is 12.3 Å². The Morgan fingerprint density at radius 1 is 1.25 bits per heavy atom. The van der Waals surface area contributed by atoms with E-state index in [1.54, 1.807) is 4.90 Å². The molecule has 1 saturated heterocycles. The second-order valence-electron chi connectivity index (χ2n) is 7.23. The van der Waals surface area contributed by atoms with Crippen molar-refractivity contribution in [1.82, 2.24) is 19.7 Å². The molecule has 2 heterocycles. The van der Waals surface area contributed by atoms with Crippen molar-refractivity contribution >= 4 is 23.6 Å². The maximum atomic E-state index is 12.8. The standard InChI is InChI=1S/C20H27N5O2S/c1-4-24-19(16-8-6-5-7-13(16)2)22-23-20(24)28-12-17(26)25-11-15(18(21)27)10-9-14(25)3/h5-8,14-15H,4,9-12H2,1-3H3,(H2,21,27). The number of carbonyl (C=O) groups excluding carboxylic acids is 2. The van der Waals surface area contributed by atoms with Crippen LogP contribution in [-0.2, 0) is 16.1 Å². The number of aryl methyl sites for hydroxylation is 1. The molecule has 8 heteroatoms. The van der Waals surface area contributed by atoms with E-state index in [2.05, 4.69) is 10.2 Å². The van der Waals surface area contributed by atoms with Gasteiger partial charge in [-0.05, 0) is 39.2 Å². The highest BCUT2D eigenvalue weighted by Crippen LogP contribution is 2.27. The Hall–Kier alpha value is -2.35. The van der Waals surface area contributed by atoms with E-state index in [1.165, 1.54) is 11.8 Å². The van der Waals surface area contributed by atoms with E-state index in [0.29, 0.717) is 6.54 Å². The molecule has 1 fully saturated rings. The van der Waals surface area contributed by atoms with Gasteiger partial charge in [-0.15, -0.1) is 10.2 Å². The summed E-state index contributed by atoms with van der Waals surface area (Å²) < 4.78 is 2.03. The van der Waals surface area contributed by atoms with Gasteiger partial charge < -0.3 is 15.2 Å². The molecule has 0 spiro atoms. The van der Waals surface area contributed by atoms with Gasteiger partial charge in [-0.1, -0.05) is 36.0 Å². The molecule has 150 valence electrons. The summed E-state index contributed by atoms with van der Waals surface area (Å²) in [5.74, 6) is 0.507. The number of carbonyl (C=O) groups is 2. The third-order valence-corrected chi connectivity index (χ3v) is 6.30. The zero-order valence-electron chi connectivity index (χ0n) is 16.6. The van der Waals surface area contributed by atoms with Crippen molar-refractivity contribution in [3.05, 3.63) is 29.8 Å². The molecule has 2 unspecified atom stereocenters. The number of amides is 2. The lowest BCUT2D eigenvalue weighted by Crippen LogP contribution is -2.49. The summed E-state index contributed by atoms with van der Waals surface area (Å²) in [5.41, 5.74) is 7.63. The van der Waals surface area contributed by atoms with Gasteiger partial charge in [-0.25, -0.2) is 0 Å². The van der Waals surface area contributed by atoms with Gasteiger partial charge in [0, 0.05) is 24.7 Å². The van der Waals surface area contributed by atoms with Crippen LogP contribution in [-0.4, -0.2) is 49.8 Å². The lowest BCUT2D eigenvalue weighted by Gasteiger charge is -2.36. The average molecular weight is 402 g/mol. The Bertz CT molecular complexity index is 866. The van der Waals surface area contributed by atoms with Gasteiger partial charge in [0.05, 0.1) is 11.7 Å². The van der Waals surface area contributed by atoms with Crippen molar-refractivity contribution in [2.24, 2.45) is 11.7 Å². The first kappa shape index (κ1) is 20.4. The van der Waals surface area contributed by atoms with E-state index < -0.39 is 0 Å². The molecule has 1 aromatic carbocycles. The van der Waals surface area contributed by atoms with E-state index in [1.807, 2.05) is 49.6 Å². The Morgan fingerprint density at radius 2 is 2.00 bits per heavy atom. The number of rotatable bonds is 6. The molecule has 0 aliphatic carbocycles. The van der Waals surface area contributed by atoms with E-state index in [-0.39, 0.29) is 29.5 Å². The number of hydrogen-bond acceptors (Lipinski definition) is 5. The van der Waals surface area contributed by atoms with Crippen LogP contribution in [0.15, 0.2) is 29.4 Å². The topological polar surface area (TPSA) is 94.1 Å². The highest BCUT2D eigenvalue weighted by Gasteiger charge is 2.31. The summed E-state index contributed by atoms with van der Waals surface area (Å²) in [4.78, 5) is 26.1. The first-order chi connectivity index (χ1) is 13.4. The lowest BCUT2D eigenvalue weighted by atomic mass is 9.93. The fraction of sp³-hybridized carbons (Fsp3) is 0.500. The van der Waals surface area contributed by atoms with Gasteiger partial charge >= 0.3 is 0 Å². The van der Waals surface area contributed by atoms with E-state index >= 15 is 0 Å². The highest BCUT2D eigenvalue weighted by molar-refractivity contribution is 7.99. The van der Waals surface area contributed by atoms with Crippen molar-refractivity contribution in [2.45, 2.75) is 51.4 Å². The van der Waals surface area contributed by atoms with E-state index in [4.69, 9.17) is 5.73 Å². The number of nitrogens with two attached hydrogens (primary N) is 1.